The first kappa shape index (κ1) is 19.3. The van der Waals surface area contributed by atoms with Gasteiger partial charge in [0.15, 0.2) is 10.8 Å². The molecule has 8 nitrogen and oxygen atoms in total. The summed E-state index contributed by atoms with van der Waals surface area (Å²) < 4.78 is 2.13. The summed E-state index contributed by atoms with van der Waals surface area (Å²) in [5.41, 5.74) is 13.6. The molecule has 31 heavy (non-hydrogen) atoms. The van der Waals surface area contributed by atoms with Crippen LogP contribution in [0.1, 0.15) is 11.1 Å². The largest absolute Gasteiger partial charge is 0.397 e. The van der Waals surface area contributed by atoms with Gasteiger partial charge >= 0.3 is 0 Å². The van der Waals surface area contributed by atoms with Crippen molar-refractivity contribution in [3.63, 3.8) is 0 Å². The van der Waals surface area contributed by atoms with Crippen LogP contribution in [0.25, 0.3) is 33.7 Å². The number of aryl methyl sites for hydroxylation is 1. The zero-order valence-corrected chi connectivity index (χ0v) is 17.9. The molecule has 3 heterocycles. The third kappa shape index (κ3) is 3.42. The molecule has 0 fully saturated rings. The van der Waals surface area contributed by atoms with Crippen molar-refractivity contribution in [1.82, 2.24) is 35.2 Å². The SMILES string of the molecule is CSc1nc2c(C)c(N)cnc2n1Cc1ccc(-c2ccccc2-c2nn[nH]n2)cc1. The first-order valence-electron chi connectivity index (χ1n) is 9.73. The topological polar surface area (TPSA) is 111 Å². The maximum absolute atomic E-state index is 6.03. The summed E-state index contributed by atoms with van der Waals surface area (Å²) in [7, 11) is 0. The molecule has 0 saturated carbocycles. The molecular weight excluding hydrogens is 408 g/mol. The highest BCUT2D eigenvalue weighted by molar-refractivity contribution is 7.98. The van der Waals surface area contributed by atoms with E-state index in [0.29, 0.717) is 18.1 Å². The number of thioether (sulfide) groups is 1. The van der Waals surface area contributed by atoms with E-state index in [1.165, 1.54) is 0 Å². The molecule has 0 radical (unpaired) electrons. The second kappa shape index (κ2) is 7.84. The molecule has 5 rings (SSSR count). The molecule has 0 aliphatic heterocycles. The van der Waals surface area contributed by atoms with Crippen molar-refractivity contribution in [2.24, 2.45) is 0 Å². The Balaban J connectivity index is 1.50. The zero-order valence-electron chi connectivity index (χ0n) is 17.1. The van der Waals surface area contributed by atoms with E-state index < -0.39 is 0 Å². The number of nitrogens with one attached hydrogen (secondary N) is 1. The lowest BCUT2D eigenvalue weighted by molar-refractivity contribution is 0.725. The Labute approximate surface area is 182 Å². The van der Waals surface area contributed by atoms with Gasteiger partial charge in [0.1, 0.15) is 5.52 Å². The minimum Gasteiger partial charge on any atom is -0.397 e. The molecule has 154 valence electrons. The van der Waals surface area contributed by atoms with Crippen LogP contribution in [-0.4, -0.2) is 41.4 Å². The molecule has 0 aliphatic carbocycles. The van der Waals surface area contributed by atoms with Crippen molar-refractivity contribution >= 4 is 28.6 Å². The quantitative estimate of drug-likeness (QED) is 0.408. The number of aromatic amines is 1. The second-order valence-corrected chi connectivity index (χ2v) is 7.95. The van der Waals surface area contributed by atoms with Gasteiger partial charge in [-0.3, -0.25) is 4.57 Å². The van der Waals surface area contributed by atoms with Gasteiger partial charge in [0, 0.05) is 11.1 Å². The first-order chi connectivity index (χ1) is 15.2. The van der Waals surface area contributed by atoms with Crippen molar-refractivity contribution in [3.8, 4) is 22.5 Å². The van der Waals surface area contributed by atoms with Crippen LogP contribution in [0.4, 0.5) is 5.69 Å². The molecule has 0 amide bonds. The highest BCUT2D eigenvalue weighted by Crippen LogP contribution is 2.31. The molecular formula is C22H20N8S. The van der Waals surface area contributed by atoms with Gasteiger partial charge in [-0.25, -0.2) is 9.97 Å². The number of H-pyrrole nitrogens is 1. The number of imidazole rings is 1. The monoisotopic (exact) mass is 428 g/mol. The van der Waals surface area contributed by atoms with Crippen molar-refractivity contribution < 1.29 is 0 Å². The number of hydrogen-bond donors (Lipinski definition) is 2. The molecule has 5 aromatic rings. The molecule has 3 N–H and O–H groups in total. The number of nitrogen functional groups attached to an aromatic ring is 1. The van der Waals surface area contributed by atoms with Crippen LogP contribution < -0.4 is 5.73 Å². The average Bonchev–Trinajstić information content (AvgIpc) is 3.46. The van der Waals surface area contributed by atoms with Gasteiger partial charge in [-0.15, -0.1) is 10.2 Å². The number of aromatic nitrogens is 7. The summed E-state index contributed by atoms with van der Waals surface area (Å²) in [5, 5.41) is 15.4. The highest BCUT2D eigenvalue weighted by atomic mass is 32.2. The lowest BCUT2D eigenvalue weighted by atomic mass is 9.98. The van der Waals surface area contributed by atoms with Crippen LogP contribution in [-0.2, 0) is 6.54 Å². The number of nitrogens with two attached hydrogens (primary N) is 1. The van der Waals surface area contributed by atoms with Crippen molar-refractivity contribution in [2.75, 3.05) is 12.0 Å². The van der Waals surface area contributed by atoms with E-state index in [4.69, 9.17) is 10.7 Å². The van der Waals surface area contributed by atoms with Gasteiger partial charge < -0.3 is 5.73 Å². The third-order valence-corrected chi connectivity index (χ3v) is 6.00. The van der Waals surface area contributed by atoms with Gasteiger partial charge in [-0.2, -0.15) is 5.21 Å². The fraction of sp³-hybridized carbons (Fsp3) is 0.136. The van der Waals surface area contributed by atoms with E-state index in [1.54, 1.807) is 18.0 Å². The van der Waals surface area contributed by atoms with Gasteiger partial charge in [-0.05, 0) is 35.1 Å². The molecule has 9 heteroatoms. The number of pyridine rings is 1. The molecule has 0 aliphatic rings. The van der Waals surface area contributed by atoms with Crippen LogP contribution in [0.15, 0.2) is 59.9 Å². The molecule has 0 spiro atoms. The van der Waals surface area contributed by atoms with Crippen molar-refractivity contribution in [2.45, 2.75) is 18.6 Å². The van der Waals surface area contributed by atoms with E-state index in [9.17, 15) is 0 Å². The Kier molecular flexibility index (Phi) is 4.87. The van der Waals surface area contributed by atoms with Crippen molar-refractivity contribution in [1.29, 1.82) is 0 Å². The number of fused-ring (bicyclic) bond motifs is 1. The van der Waals surface area contributed by atoms with Crippen LogP contribution >= 0.6 is 11.8 Å². The molecule has 0 saturated heterocycles. The van der Waals surface area contributed by atoms with E-state index >= 15 is 0 Å². The summed E-state index contributed by atoms with van der Waals surface area (Å²) in [4.78, 5) is 9.30. The Morgan fingerprint density at radius 1 is 1.06 bits per heavy atom. The Hall–Kier alpha value is -3.72. The Morgan fingerprint density at radius 3 is 2.55 bits per heavy atom. The van der Waals surface area contributed by atoms with Gasteiger partial charge in [0.05, 0.1) is 18.4 Å². The number of benzene rings is 2. The van der Waals surface area contributed by atoms with Gasteiger partial charge in [0.2, 0.25) is 5.82 Å². The number of anilines is 1. The summed E-state index contributed by atoms with van der Waals surface area (Å²) in [5.74, 6) is 0.579. The minimum absolute atomic E-state index is 0.579. The molecule has 0 atom stereocenters. The van der Waals surface area contributed by atoms with Crippen LogP contribution in [0, 0.1) is 6.92 Å². The zero-order chi connectivity index (χ0) is 21.4. The summed E-state index contributed by atoms with van der Waals surface area (Å²) >= 11 is 1.60. The number of tetrazole rings is 1. The number of hydrogen-bond acceptors (Lipinski definition) is 7. The Bertz CT molecular complexity index is 1360. The minimum atomic E-state index is 0.579. The van der Waals surface area contributed by atoms with E-state index in [2.05, 4.69) is 60.5 Å². The predicted octanol–water partition coefficient (Wildman–Crippen LogP) is 3.94. The molecule has 3 aromatic heterocycles. The smallest absolute Gasteiger partial charge is 0.205 e. The van der Waals surface area contributed by atoms with Crippen molar-refractivity contribution in [3.05, 3.63) is 65.9 Å². The highest BCUT2D eigenvalue weighted by Gasteiger charge is 2.15. The normalized spacial score (nSPS) is 11.3. The maximum Gasteiger partial charge on any atom is 0.205 e. The van der Waals surface area contributed by atoms with Crippen LogP contribution in [0.5, 0.6) is 0 Å². The average molecular weight is 429 g/mol. The second-order valence-electron chi connectivity index (χ2n) is 7.17. The summed E-state index contributed by atoms with van der Waals surface area (Å²) in [6.45, 7) is 2.66. The Morgan fingerprint density at radius 2 is 1.84 bits per heavy atom. The van der Waals surface area contributed by atoms with E-state index in [1.807, 2.05) is 31.4 Å². The van der Waals surface area contributed by atoms with E-state index in [-0.39, 0.29) is 0 Å². The number of rotatable bonds is 5. The fourth-order valence-corrected chi connectivity index (χ4v) is 4.20. The van der Waals surface area contributed by atoms with Gasteiger partial charge in [0.25, 0.3) is 0 Å². The molecule has 2 aromatic carbocycles. The summed E-state index contributed by atoms with van der Waals surface area (Å²) in [6.07, 6.45) is 3.73. The standard InChI is InChI=1S/C22H20N8S/c1-13-18(23)11-24-21-19(13)25-22(31-2)30(21)12-14-7-9-15(10-8-14)16-5-3-4-6-17(16)20-26-28-29-27-20/h3-11H,12,23H2,1-2H3,(H,26,27,28,29). The molecule has 0 unspecified atom stereocenters. The van der Waals surface area contributed by atoms with E-state index in [0.717, 1.165) is 44.1 Å². The van der Waals surface area contributed by atoms with Gasteiger partial charge in [-0.1, -0.05) is 60.3 Å². The summed E-state index contributed by atoms with van der Waals surface area (Å²) in [6, 6.07) is 16.5. The first-order valence-corrected chi connectivity index (χ1v) is 11.0. The van der Waals surface area contributed by atoms with Crippen LogP contribution in [0.2, 0.25) is 0 Å². The number of nitrogens with zero attached hydrogens (tertiary/aromatic N) is 6. The lowest BCUT2D eigenvalue weighted by Crippen LogP contribution is -2.03. The van der Waals surface area contributed by atoms with Crippen LogP contribution in [0.3, 0.4) is 0 Å². The fourth-order valence-electron chi connectivity index (χ4n) is 3.65. The lowest BCUT2D eigenvalue weighted by Gasteiger charge is -2.10. The predicted molar refractivity (Wildman–Crippen MR) is 123 cm³/mol. The third-order valence-electron chi connectivity index (χ3n) is 5.32. The maximum atomic E-state index is 6.03. The molecule has 0 bridgehead atoms.